The first-order valence-corrected chi connectivity index (χ1v) is 8.62. The minimum absolute atomic E-state index is 0.0697. The molecule has 0 saturated heterocycles. The third-order valence-electron chi connectivity index (χ3n) is 3.52. The number of carbonyl (C=O) groups is 1. The molecule has 5 heteroatoms. The van der Waals surface area contributed by atoms with Crippen molar-refractivity contribution in [2.24, 2.45) is 0 Å². The van der Waals surface area contributed by atoms with Gasteiger partial charge >= 0.3 is 0 Å². The number of hydrogen-bond acceptors (Lipinski definition) is 3. The fraction of sp³-hybridized carbons (Fsp3) is 0.278. The van der Waals surface area contributed by atoms with E-state index in [9.17, 15) is 4.79 Å². The van der Waals surface area contributed by atoms with Gasteiger partial charge < -0.3 is 9.64 Å². The molecule has 0 atom stereocenters. The molecule has 3 nitrogen and oxygen atoms in total. The number of methoxy groups -OCH3 is 1. The van der Waals surface area contributed by atoms with Gasteiger partial charge in [-0.15, -0.1) is 11.8 Å². The van der Waals surface area contributed by atoms with Crippen LogP contribution in [0.3, 0.4) is 0 Å². The summed E-state index contributed by atoms with van der Waals surface area (Å²) in [6.07, 6.45) is 0. The van der Waals surface area contributed by atoms with Crippen LogP contribution in [0.4, 0.5) is 0 Å². The first kappa shape index (κ1) is 17.7. The van der Waals surface area contributed by atoms with Crippen LogP contribution in [-0.2, 0) is 11.3 Å². The van der Waals surface area contributed by atoms with Crippen LogP contribution in [0.25, 0.3) is 0 Å². The molecule has 0 bridgehead atoms. The van der Waals surface area contributed by atoms with Crippen LogP contribution in [0, 0.1) is 6.92 Å². The minimum atomic E-state index is 0.0697. The molecule has 2 aromatic carbocycles. The molecule has 0 N–H and O–H groups in total. The molecule has 0 fully saturated rings. The lowest BCUT2D eigenvalue weighted by Gasteiger charge is -2.19. The Morgan fingerprint density at radius 2 is 2.00 bits per heavy atom. The highest BCUT2D eigenvalue weighted by Crippen LogP contribution is 2.25. The van der Waals surface area contributed by atoms with E-state index in [1.807, 2.05) is 43.3 Å². The predicted molar refractivity (Wildman–Crippen MR) is 96.4 cm³/mol. The molecule has 0 spiro atoms. The number of ether oxygens (including phenoxy) is 1. The van der Waals surface area contributed by atoms with Crippen molar-refractivity contribution in [3.8, 4) is 5.75 Å². The number of rotatable bonds is 6. The van der Waals surface area contributed by atoms with E-state index < -0.39 is 0 Å². The van der Waals surface area contributed by atoms with Gasteiger partial charge in [0.25, 0.3) is 0 Å². The van der Waals surface area contributed by atoms with Crippen molar-refractivity contribution in [3.05, 3.63) is 58.6 Å². The van der Waals surface area contributed by atoms with Gasteiger partial charge in [0, 0.05) is 29.1 Å². The van der Waals surface area contributed by atoms with Gasteiger partial charge in [-0.25, -0.2) is 0 Å². The number of amides is 1. The molecule has 0 aliphatic rings. The van der Waals surface area contributed by atoms with Gasteiger partial charge in [0.2, 0.25) is 5.91 Å². The summed E-state index contributed by atoms with van der Waals surface area (Å²) in [6, 6.07) is 13.5. The predicted octanol–water partition coefficient (Wildman–Crippen LogP) is 4.41. The van der Waals surface area contributed by atoms with Crippen LogP contribution in [0.15, 0.2) is 47.4 Å². The molecule has 23 heavy (non-hydrogen) atoms. The third-order valence-corrected chi connectivity index (χ3v) is 4.92. The molecule has 0 heterocycles. The molecule has 1 amide bonds. The number of nitrogens with zero attached hydrogens (tertiary/aromatic N) is 1. The second-order valence-corrected chi connectivity index (χ2v) is 6.71. The fourth-order valence-corrected chi connectivity index (χ4v) is 3.35. The maximum atomic E-state index is 12.3. The van der Waals surface area contributed by atoms with E-state index in [4.69, 9.17) is 16.3 Å². The van der Waals surface area contributed by atoms with E-state index in [0.717, 1.165) is 16.2 Å². The average molecular weight is 350 g/mol. The molecule has 2 aromatic rings. The van der Waals surface area contributed by atoms with Crippen molar-refractivity contribution >= 4 is 29.3 Å². The van der Waals surface area contributed by atoms with Crippen molar-refractivity contribution in [2.75, 3.05) is 19.9 Å². The lowest BCUT2D eigenvalue weighted by atomic mass is 10.2. The lowest BCUT2D eigenvalue weighted by molar-refractivity contribution is -0.127. The van der Waals surface area contributed by atoms with Crippen LogP contribution < -0.4 is 4.74 Å². The summed E-state index contributed by atoms with van der Waals surface area (Å²) < 4.78 is 5.32. The van der Waals surface area contributed by atoms with E-state index >= 15 is 0 Å². The summed E-state index contributed by atoms with van der Waals surface area (Å²) in [7, 11) is 3.41. The Labute approximate surface area is 146 Å². The zero-order valence-electron chi connectivity index (χ0n) is 13.5. The number of hydrogen-bond donors (Lipinski definition) is 0. The summed E-state index contributed by atoms with van der Waals surface area (Å²) in [5.74, 6) is 1.21. The van der Waals surface area contributed by atoms with Crippen molar-refractivity contribution in [3.63, 3.8) is 0 Å². The molecule has 0 saturated carbocycles. The zero-order chi connectivity index (χ0) is 16.8. The zero-order valence-corrected chi connectivity index (χ0v) is 15.1. The van der Waals surface area contributed by atoms with Crippen molar-refractivity contribution < 1.29 is 9.53 Å². The van der Waals surface area contributed by atoms with Crippen LogP contribution >= 0.6 is 23.4 Å². The smallest absolute Gasteiger partial charge is 0.232 e. The summed E-state index contributed by atoms with van der Waals surface area (Å²) in [5, 5.41) is 0.635. The van der Waals surface area contributed by atoms with Crippen molar-refractivity contribution in [1.29, 1.82) is 0 Å². The molecule has 0 radical (unpaired) electrons. The number of carbonyl (C=O) groups excluding carboxylic acids is 1. The van der Waals surface area contributed by atoms with E-state index in [1.165, 1.54) is 5.56 Å². The average Bonchev–Trinajstić information content (AvgIpc) is 2.54. The Bertz CT molecular complexity index is 690. The molecular weight excluding hydrogens is 330 g/mol. The molecule has 122 valence electrons. The molecule has 0 aromatic heterocycles. The quantitative estimate of drug-likeness (QED) is 0.723. The van der Waals surface area contributed by atoms with Gasteiger partial charge in [-0.3, -0.25) is 4.79 Å². The standard InChI is InChI=1S/C18H20ClNO2S/c1-13-6-4-5-7-17(13)23-12-18(21)20(2)11-14-10-15(19)8-9-16(14)22-3/h4-10H,11-12H2,1-3H3. The molecule has 0 aliphatic carbocycles. The molecule has 0 unspecified atom stereocenters. The van der Waals surface area contributed by atoms with Crippen molar-refractivity contribution in [1.82, 2.24) is 4.90 Å². The highest BCUT2D eigenvalue weighted by Gasteiger charge is 2.13. The molecule has 2 rings (SSSR count). The highest BCUT2D eigenvalue weighted by atomic mass is 35.5. The van der Waals surface area contributed by atoms with Crippen LogP contribution in [0.2, 0.25) is 5.02 Å². The number of thioether (sulfide) groups is 1. The maximum Gasteiger partial charge on any atom is 0.232 e. The Balaban J connectivity index is 1.98. The van der Waals surface area contributed by atoms with E-state index in [0.29, 0.717) is 17.3 Å². The normalized spacial score (nSPS) is 10.4. The SMILES string of the molecule is COc1ccc(Cl)cc1CN(C)C(=O)CSc1ccccc1C. The van der Waals surface area contributed by atoms with E-state index in [1.54, 1.807) is 36.9 Å². The Kier molecular flexibility index (Phi) is 6.37. The largest absolute Gasteiger partial charge is 0.496 e. The highest BCUT2D eigenvalue weighted by molar-refractivity contribution is 8.00. The molecule has 0 aliphatic heterocycles. The minimum Gasteiger partial charge on any atom is -0.496 e. The topological polar surface area (TPSA) is 29.5 Å². The fourth-order valence-electron chi connectivity index (χ4n) is 2.18. The van der Waals surface area contributed by atoms with E-state index in [2.05, 4.69) is 0 Å². The first-order chi connectivity index (χ1) is 11.0. The Morgan fingerprint density at radius 1 is 1.26 bits per heavy atom. The van der Waals surface area contributed by atoms with Crippen LogP contribution in [0.1, 0.15) is 11.1 Å². The third kappa shape index (κ3) is 4.91. The molecular formula is C18H20ClNO2S. The van der Waals surface area contributed by atoms with Gasteiger partial charge in [0.05, 0.1) is 12.9 Å². The summed E-state index contributed by atoms with van der Waals surface area (Å²) in [5.41, 5.74) is 2.08. The number of benzene rings is 2. The Morgan fingerprint density at radius 3 is 2.70 bits per heavy atom. The number of halogens is 1. The summed E-state index contributed by atoms with van der Waals surface area (Å²) in [6.45, 7) is 2.52. The van der Waals surface area contributed by atoms with Gasteiger partial charge in [-0.1, -0.05) is 29.8 Å². The summed E-state index contributed by atoms with van der Waals surface area (Å²) in [4.78, 5) is 15.2. The van der Waals surface area contributed by atoms with Crippen LogP contribution in [0.5, 0.6) is 5.75 Å². The van der Waals surface area contributed by atoms with Gasteiger partial charge in [-0.2, -0.15) is 0 Å². The van der Waals surface area contributed by atoms with Gasteiger partial charge in [-0.05, 0) is 36.8 Å². The van der Waals surface area contributed by atoms with Gasteiger partial charge in [0.15, 0.2) is 0 Å². The van der Waals surface area contributed by atoms with E-state index in [-0.39, 0.29) is 5.91 Å². The lowest BCUT2D eigenvalue weighted by Crippen LogP contribution is -2.28. The van der Waals surface area contributed by atoms with Crippen LogP contribution in [-0.4, -0.2) is 30.7 Å². The van der Waals surface area contributed by atoms with Gasteiger partial charge in [0.1, 0.15) is 5.75 Å². The monoisotopic (exact) mass is 349 g/mol. The first-order valence-electron chi connectivity index (χ1n) is 7.26. The van der Waals surface area contributed by atoms with Crippen molar-refractivity contribution in [2.45, 2.75) is 18.4 Å². The maximum absolute atomic E-state index is 12.3. The second-order valence-electron chi connectivity index (χ2n) is 5.26. The second kappa shape index (κ2) is 8.27. The Hall–Kier alpha value is -1.65. The number of aryl methyl sites for hydroxylation is 1. The summed E-state index contributed by atoms with van der Waals surface area (Å²) >= 11 is 7.59.